The average molecular weight is 294 g/mol. The molecule has 1 unspecified atom stereocenters. The minimum absolute atomic E-state index is 0.279. The summed E-state index contributed by atoms with van der Waals surface area (Å²) >= 11 is 0. The fourth-order valence-corrected chi connectivity index (χ4v) is 1.68. The lowest BCUT2D eigenvalue weighted by atomic mass is 10.2. The van der Waals surface area contributed by atoms with Gasteiger partial charge in [0.2, 0.25) is 0 Å². The highest BCUT2D eigenvalue weighted by atomic mass is 16.5. The molecule has 0 radical (unpaired) electrons. The summed E-state index contributed by atoms with van der Waals surface area (Å²) in [6.07, 6.45) is 1.03. The molecule has 1 amide bonds. The second-order valence-electron chi connectivity index (χ2n) is 4.65. The van der Waals surface area contributed by atoms with Crippen LogP contribution in [-0.4, -0.2) is 31.6 Å². The number of hydrogen-bond donors (Lipinski definition) is 2. The van der Waals surface area contributed by atoms with E-state index in [1.54, 1.807) is 12.1 Å². The van der Waals surface area contributed by atoms with Crippen molar-refractivity contribution in [2.75, 3.05) is 19.4 Å². The predicted octanol–water partition coefficient (Wildman–Crippen LogP) is 1.74. The summed E-state index contributed by atoms with van der Waals surface area (Å²) in [4.78, 5) is 23.7. The summed E-state index contributed by atoms with van der Waals surface area (Å²) in [7, 11) is 1.49. The number of benzene rings is 1. The van der Waals surface area contributed by atoms with Crippen molar-refractivity contribution in [2.24, 2.45) is 0 Å². The van der Waals surface area contributed by atoms with Gasteiger partial charge in [-0.05, 0) is 31.5 Å². The maximum absolute atomic E-state index is 11.9. The normalized spacial score (nSPS) is 11.6. The Morgan fingerprint density at radius 1 is 1.38 bits per heavy atom. The van der Waals surface area contributed by atoms with Crippen LogP contribution in [0.4, 0.5) is 5.69 Å². The van der Waals surface area contributed by atoms with Gasteiger partial charge in [0.25, 0.3) is 5.91 Å². The van der Waals surface area contributed by atoms with Crippen LogP contribution in [0.25, 0.3) is 0 Å². The first-order valence-corrected chi connectivity index (χ1v) is 6.91. The van der Waals surface area contributed by atoms with Gasteiger partial charge in [-0.15, -0.1) is 0 Å². The lowest BCUT2D eigenvalue weighted by Gasteiger charge is -2.14. The number of anilines is 1. The van der Waals surface area contributed by atoms with Gasteiger partial charge in [-0.1, -0.05) is 13.3 Å². The van der Waals surface area contributed by atoms with E-state index in [4.69, 9.17) is 15.2 Å². The van der Waals surface area contributed by atoms with Crippen molar-refractivity contribution in [3.63, 3.8) is 0 Å². The maximum Gasteiger partial charge on any atom is 0.338 e. The largest absolute Gasteiger partial charge is 0.495 e. The summed E-state index contributed by atoms with van der Waals surface area (Å²) in [6, 6.07) is 4.58. The highest BCUT2D eigenvalue weighted by molar-refractivity contribution is 5.93. The molecule has 0 aromatic heterocycles. The van der Waals surface area contributed by atoms with Gasteiger partial charge in [0.05, 0.1) is 18.4 Å². The molecule has 0 heterocycles. The van der Waals surface area contributed by atoms with Crippen LogP contribution in [0.1, 0.15) is 37.0 Å². The molecule has 0 aliphatic rings. The molecule has 0 saturated heterocycles. The standard InChI is InChI=1S/C15H22N2O4/c1-4-5-8-17-14(18)10(2)21-15(19)11-6-7-13(20-3)12(16)9-11/h6-7,9-10H,4-5,8,16H2,1-3H3,(H,17,18). The molecule has 21 heavy (non-hydrogen) atoms. The molecule has 0 aliphatic carbocycles. The number of esters is 1. The molecule has 6 heteroatoms. The van der Waals surface area contributed by atoms with Crippen molar-refractivity contribution in [3.8, 4) is 5.75 Å². The van der Waals surface area contributed by atoms with Crippen LogP contribution in [0, 0.1) is 0 Å². The highest BCUT2D eigenvalue weighted by Crippen LogP contribution is 2.22. The average Bonchev–Trinajstić information content (AvgIpc) is 2.47. The minimum atomic E-state index is -0.849. The zero-order chi connectivity index (χ0) is 15.8. The number of ether oxygens (including phenoxy) is 2. The Kier molecular flexibility index (Phi) is 6.52. The first kappa shape index (κ1) is 16.8. The number of hydrogen-bond acceptors (Lipinski definition) is 5. The molecular weight excluding hydrogens is 272 g/mol. The van der Waals surface area contributed by atoms with Crippen LogP contribution in [0.5, 0.6) is 5.75 Å². The van der Waals surface area contributed by atoms with E-state index >= 15 is 0 Å². The SMILES string of the molecule is CCCCNC(=O)C(C)OC(=O)c1ccc(OC)c(N)c1. The van der Waals surface area contributed by atoms with Gasteiger partial charge < -0.3 is 20.5 Å². The Bertz CT molecular complexity index is 502. The maximum atomic E-state index is 11.9. The smallest absolute Gasteiger partial charge is 0.338 e. The van der Waals surface area contributed by atoms with Crippen molar-refractivity contribution < 1.29 is 19.1 Å². The number of nitrogens with one attached hydrogen (secondary N) is 1. The van der Waals surface area contributed by atoms with Gasteiger partial charge in [0, 0.05) is 6.54 Å². The molecular formula is C15H22N2O4. The van der Waals surface area contributed by atoms with Gasteiger partial charge >= 0.3 is 5.97 Å². The zero-order valence-corrected chi connectivity index (χ0v) is 12.6. The molecule has 1 aromatic rings. The van der Waals surface area contributed by atoms with E-state index in [2.05, 4.69) is 5.32 Å². The van der Waals surface area contributed by atoms with Gasteiger partial charge in [0.1, 0.15) is 5.75 Å². The van der Waals surface area contributed by atoms with E-state index in [1.165, 1.54) is 20.1 Å². The summed E-state index contributed by atoms with van der Waals surface area (Å²) in [5.41, 5.74) is 6.35. The Hall–Kier alpha value is -2.24. The second-order valence-corrected chi connectivity index (χ2v) is 4.65. The van der Waals surface area contributed by atoms with Crippen LogP contribution in [-0.2, 0) is 9.53 Å². The molecule has 116 valence electrons. The fourth-order valence-electron chi connectivity index (χ4n) is 1.68. The lowest BCUT2D eigenvalue weighted by Crippen LogP contribution is -2.36. The number of rotatable bonds is 7. The minimum Gasteiger partial charge on any atom is -0.495 e. The van der Waals surface area contributed by atoms with Crippen molar-refractivity contribution in [2.45, 2.75) is 32.8 Å². The molecule has 0 spiro atoms. The molecule has 1 atom stereocenters. The number of carbonyl (C=O) groups excluding carboxylic acids is 2. The predicted molar refractivity (Wildman–Crippen MR) is 80.2 cm³/mol. The molecule has 0 aliphatic heterocycles. The molecule has 0 bridgehead atoms. The number of methoxy groups -OCH3 is 1. The van der Waals surface area contributed by atoms with Gasteiger partial charge in [-0.3, -0.25) is 4.79 Å². The lowest BCUT2D eigenvalue weighted by molar-refractivity contribution is -0.129. The zero-order valence-electron chi connectivity index (χ0n) is 12.6. The molecule has 3 N–H and O–H groups in total. The summed E-state index contributed by atoms with van der Waals surface area (Å²) in [6.45, 7) is 4.14. The van der Waals surface area contributed by atoms with Crippen LogP contribution < -0.4 is 15.8 Å². The van der Waals surface area contributed by atoms with E-state index < -0.39 is 12.1 Å². The highest BCUT2D eigenvalue weighted by Gasteiger charge is 2.19. The Morgan fingerprint density at radius 3 is 2.67 bits per heavy atom. The molecule has 0 saturated carbocycles. The Labute approximate surface area is 124 Å². The number of unbranched alkanes of at least 4 members (excludes halogenated alkanes) is 1. The first-order chi connectivity index (χ1) is 9.99. The summed E-state index contributed by atoms with van der Waals surface area (Å²) in [5, 5.41) is 2.71. The number of nitrogens with two attached hydrogens (primary N) is 1. The van der Waals surface area contributed by atoms with Crippen molar-refractivity contribution in [1.29, 1.82) is 0 Å². The number of amides is 1. The topological polar surface area (TPSA) is 90.6 Å². The van der Waals surface area contributed by atoms with Crippen LogP contribution in [0.2, 0.25) is 0 Å². The summed E-state index contributed by atoms with van der Waals surface area (Å²) in [5.74, 6) is -0.419. The third-order valence-electron chi connectivity index (χ3n) is 2.95. The molecule has 6 nitrogen and oxygen atoms in total. The van der Waals surface area contributed by atoms with Gasteiger partial charge in [0.15, 0.2) is 6.10 Å². The van der Waals surface area contributed by atoms with Crippen molar-refractivity contribution >= 4 is 17.6 Å². The van der Waals surface area contributed by atoms with E-state index in [9.17, 15) is 9.59 Å². The fraction of sp³-hybridized carbons (Fsp3) is 0.467. The van der Waals surface area contributed by atoms with Gasteiger partial charge in [-0.2, -0.15) is 0 Å². The van der Waals surface area contributed by atoms with Crippen LogP contribution in [0.3, 0.4) is 0 Å². The number of carbonyl (C=O) groups is 2. The van der Waals surface area contributed by atoms with Gasteiger partial charge in [-0.25, -0.2) is 4.79 Å². The van der Waals surface area contributed by atoms with Crippen LogP contribution >= 0.6 is 0 Å². The third kappa shape index (κ3) is 4.98. The molecule has 0 fully saturated rings. The van der Waals surface area contributed by atoms with Crippen molar-refractivity contribution in [3.05, 3.63) is 23.8 Å². The monoisotopic (exact) mass is 294 g/mol. The third-order valence-corrected chi connectivity index (χ3v) is 2.95. The van der Waals surface area contributed by atoms with E-state index in [0.29, 0.717) is 18.0 Å². The van der Waals surface area contributed by atoms with Crippen LogP contribution in [0.15, 0.2) is 18.2 Å². The second kappa shape index (κ2) is 8.14. The Morgan fingerprint density at radius 2 is 2.10 bits per heavy atom. The van der Waals surface area contributed by atoms with Crippen molar-refractivity contribution in [1.82, 2.24) is 5.32 Å². The first-order valence-electron chi connectivity index (χ1n) is 6.91. The van der Waals surface area contributed by atoms with E-state index in [-0.39, 0.29) is 11.5 Å². The molecule has 1 rings (SSSR count). The van der Waals surface area contributed by atoms with E-state index in [0.717, 1.165) is 12.8 Å². The summed E-state index contributed by atoms with van der Waals surface area (Å²) < 4.78 is 10.1. The molecule has 1 aromatic carbocycles. The number of nitrogen functional groups attached to an aromatic ring is 1. The van der Waals surface area contributed by atoms with E-state index in [1.807, 2.05) is 6.92 Å². The quantitative estimate of drug-likeness (QED) is 0.454. The Balaban J connectivity index is 2.59.